The van der Waals surface area contributed by atoms with Gasteiger partial charge in [0.05, 0.1) is 9.82 Å². The average Bonchev–Trinajstić information content (AvgIpc) is 3.11. The van der Waals surface area contributed by atoms with Crippen LogP contribution in [0.2, 0.25) is 0 Å². The summed E-state index contributed by atoms with van der Waals surface area (Å²) in [6, 6.07) is 12.3. The summed E-state index contributed by atoms with van der Waals surface area (Å²) in [6.45, 7) is 1.45. The number of nitrogens with zero attached hydrogens (tertiary/aromatic N) is 2. The minimum atomic E-state index is -0.429. The van der Waals surface area contributed by atoms with E-state index in [0.717, 1.165) is 35.3 Å². The zero-order valence-corrected chi connectivity index (χ0v) is 15.2. The summed E-state index contributed by atoms with van der Waals surface area (Å²) in [7, 11) is 0. The predicted octanol–water partition coefficient (Wildman–Crippen LogP) is 4.74. The third-order valence-corrected chi connectivity index (χ3v) is 5.44. The quantitative estimate of drug-likeness (QED) is 0.542. The van der Waals surface area contributed by atoms with Crippen LogP contribution < -0.4 is 0 Å². The van der Waals surface area contributed by atoms with E-state index in [1.54, 1.807) is 17.0 Å². The predicted molar refractivity (Wildman–Crippen MR) is 96.5 cm³/mol. The van der Waals surface area contributed by atoms with Crippen molar-refractivity contribution in [3.63, 3.8) is 0 Å². The van der Waals surface area contributed by atoms with E-state index in [2.05, 4.69) is 15.9 Å². The SMILES string of the molecule is O=C(c1ccc(Sc2ccc(Br)cc2)c([N+](=O)[O-])c1)N1CCCC1. The van der Waals surface area contributed by atoms with E-state index >= 15 is 0 Å². The summed E-state index contributed by atoms with van der Waals surface area (Å²) in [4.78, 5) is 26.6. The van der Waals surface area contributed by atoms with Crippen molar-refractivity contribution < 1.29 is 9.72 Å². The van der Waals surface area contributed by atoms with Crippen LogP contribution in [0.3, 0.4) is 0 Å². The average molecular weight is 407 g/mol. The van der Waals surface area contributed by atoms with Crippen LogP contribution in [0, 0.1) is 10.1 Å². The van der Waals surface area contributed by atoms with Gasteiger partial charge in [0, 0.05) is 34.1 Å². The summed E-state index contributed by atoms with van der Waals surface area (Å²) in [5, 5.41) is 11.4. The van der Waals surface area contributed by atoms with Crippen LogP contribution in [0.4, 0.5) is 5.69 Å². The lowest BCUT2D eigenvalue weighted by molar-refractivity contribution is -0.387. The van der Waals surface area contributed by atoms with Crippen molar-refractivity contribution in [2.75, 3.05) is 13.1 Å². The van der Waals surface area contributed by atoms with Crippen LogP contribution in [0.25, 0.3) is 0 Å². The molecule has 0 unspecified atom stereocenters. The number of carbonyl (C=O) groups excluding carboxylic acids is 1. The first-order chi connectivity index (χ1) is 11.5. The number of hydrogen-bond acceptors (Lipinski definition) is 4. The Balaban J connectivity index is 1.88. The lowest BCUT2D eigenvalue weighted by Gasteiger charge is -2.15. The van der Waals surface area contributed by atoms with Crippen molar-refractivity contribution >= 4 is 39.3 Å². The minimum Gasteiger partial charge on any atom is -0.339 e. The molecule has 0 spiro atoms. The van der Waals surface area contributed by atoms with Gasteiger partial charge in [0.25, 0.3) is 11.6 Å². The van der Waals surface area contributed by atoms with Crippen LogP contribution in [0.1, 0.15) is 23.2 Å². The molecule has 0 atom stereocenters. The fraction of sp³-hybridized carbons (Fsp3) is 0.235. The number of hydrogen-bond donors (Lipinski definition) is 0. The second-order valence-corrected chi connectivity index (χ2v) is 7.53. The second-order valence-electron chi connectivity index (χ2n) is 5.49. The Kier molecular flexibility index (Phi) is 5.20. The maximum absolute atomic E-state index is 12.4. The van der Waals surface area contributed by atoms with Crippen LogP contribution in [0.5, 0.6) is 0 Å². The van der Waals surface area contributed by atoms with Crippen molar-refractivity contribution in [2.45, 2.75) is 22.6 Å². The molecule has 1 amide bonds. The number of carbonyl (C=O) groups is 1. The van der Waals surface area contributed by atoms with Crippen molar-refractivity contribution in [1.29, 1.82) is 0 Å². The molecule has 2 aromatic carbocycles. The third-order valence-electron chi connectivity index (χ3n) is 3.84. The maximum atomic E-state index is 12.4. The zero-order valence-electron chi connectivity index (χ0n) is 12.8. The summed E-state index contributed by atoms with van der Waals surface area (Å²) in [6.07, 6.45) is 1.98. The van der Waals surface area contributed by atoms with E-state index in [4.69, 9.17) is 0 Å². The van der Waals surface area contributed by atoms with E-state index in [1.165, 1.54) is 17.8 Å². The first-order valence-corrected chi connectivity index (χ1v) is 9.17. The number of likely N-dealkylation sites (tertiary alicyclic amines) is 1. The largest absolute Gasteiger partial charge is 0.339 e. The summed E-state index contributed by atoms with van der Waals surface area (Å²) in [5.41, 5.74) is 0.344. The molecule has 0 aliphatic carbocycles. The van der Waals surface area contributed by atoms with E-state index < -0.39 is 4.92 Å². The van der Waals surface area contributed by atoms with Gasteiger partial charge in [-0.25, -0.2) is 0 Å². The van der Waals surface area contributed by atoms with Crippen molar-refractivity contribution in [2.24, 2.45) is 0 Å². The van der Waals surface area contributed by atoms with Gasteiger partial charge in [-0.3, -0.25) is 14.9 Å². The molecular weight excluding hydrogens is 392 g/mol. The Morgan fingerprint density at radius 2 is 1.79 bits per heavy atom. The number of nitro benzene ring substituents is 1. The first kappa shape index (κ1) is 17.0. The molecule has 124 valence electrons. The summed E-state index contributed by atoms with van der Waals surface area (Å²) >= 11 is 4.68. The van der Waals surface area contributed by atoms with Gasteiger partial charge in [-0.15, -0.1) is 0 Å². The van der Waals surface area contributed by atoms with Crippen LogP contribution >= 0.6 is 27.7 Å². The van der Waals surface area contributed by atoms with Crippen LogP contribution in [0.15, 0.2) is 56.7 Å². The van der Waals surface area contributed by atoms with Gasteiger partial charge in [-0.05, 0) is 49.2 Å². The topological polar surface area (TPSA) is 63.4 Å². The monoisotopic (exact) mass is 406 g/mol. The summed E-state index contributed by atoms with van der Waals surface area (Å²) < 4.78 is 0.952. The molecule has 1 aliphatic heterocycles. The smallest absolute Gasteiger partial charge is 0.284 e. The molecule has 1 fully saturated rings. The molecule has 24 heavy (non-hydrogen) atoms. The van der Waals surface area contributed by atoms with Crippen molar-refractivity contribution in [3.8, 4) is 0 Å². The highest BCUT2D eigenvalue weighted by molar-refractivity contribution is 9.10. The fourth-order valence-corrected chi connectivity index (χ4v) is 3.78. The Morgan fingerprint density at radius 1 is 1.12 bits per heavy atom. The highest BCUT2D eigenvalue weighted by Crippen LogP contribution is 2.36. The van der Waals surface area contributed by atoms with E-state index in [1.807, 2.05) is 24.3 Å². The standard InChI is InChI=1S/C17H15BrN2O3S/c18-13-4-6-14(7-5-13)24-16-8-3-12(11-15(16)20(22)23)17(21)19-9-1-2-10-19/h3-8,11H,1-2,9-10H2. The van der Waals surface area contributed by atoms with E-state index in [-0.39, 0.29) is 11.6 Å². The molecule has 0 radical (unpaired) electrons. The Labute approximate surface area is 152 Å². The summed E-state index contributed by atoms with van der Waals surface area (Å²) in [5.74, 6) is -0.129. The molecule has 1 heterocycles. The zero-order chi connectivity index (χ0) is 17.1. The Bertz CT molecular complexity index is 774. The third kappa shape index (κ3) is 3.79. The molecule has 0 N–H and O–H groups in total. The Hall–Kier alpha value is -1.86. The maximum Gasteiger partial charge on any atom is 0.284 e. The highest BCUT2D eigenvalue weighted by Gasteiger charge is 2.23. The first-order valence-electron chi connectivity index (χ1n) is 7.56. The molecule has 7 heteroatoms. The normalized spacial score (nSPS) is 14.0. The molecule has 1 saturated heterocycles. The number of nitro groups is 1. The molecule has 5 nitrogen and oxygen atoms in total. The lowest BCUT2D eigenvalue weighted by atomic mass is 10.2. The molecular formula is C17H15BrN2O3S. The van der Waals surface area contributed by atoms with Crippen LogP contribution in [-0.4, -0.2) is 28.8 Å². The van der Waals surface area contributed by atoms with Crippen molar-refractivity contribution in [3.05, 3.63) is 62.6 Å². The van der Waals surface area contributed by atoms with Gasteiger partial charge in [-0.2, -0.15) is 0 Å². The van der Waals surface area contributed by atoms with Gasteiger partial charge in [0.2, 0.25) is 0 Å². The van der Waals surface area contributed by atoms with Gasteiger partial charge < -0.3 is 4.90 Å². The molecule has 2 aromatic rings. The Morgan fingerprint density at radius 3 is 2.42 bits per heavy atom. The molecule has 0 bridgehead atoms. The molecule has 1 aliphatic rings. The van der Waals surface area contributed by atoms with Gasteiger partial charge in [0.1, 0.15) is 0 Å². The fourth-order valence-electron chi connectivity index (χ4n) is 2.61. The number of rotatable bonds is 4. The molecule has 0 saturated carbocycles. The number of amides is 1. The van der Waals surface area contributed by atoms with Gasteiger partial charge >= 0.3 is 0 Å². The number of halogens is 1. The second kappa shape index (κ2) is 7.36. The lowest BCUT2D eigenvalue weighted by Crippen LogP contribution is -2.27. The van der Waals surface area contributed by atoms with Gasteiger partial charge in [0.15, 0.2) is 0 Å². The number of benzene rings is 2. The van der Waals surface area contributed by atoms with E-state index in [0.29, 0.717) is 10.5 Å². The molecule has 0 aromatic heterocycles. The highest BCUT2D eigenvalue weighted by atomic mass is 79.9. The van der Waals surface area contributed by atoms with Crippen LogP contribution in [-0.2, 0) is 0 Å². The van der Waals surface area contributed by atoms with Crippen molar-refractivity contribution in [1.82, 2.24) is 4.90 Å². The van der Waals surface area contributed by atoms with E-state index in [9.17, 15) is 14.9 Å². The minimum absolute atomic E-state index is 0.0343. The molecule has 3 rings (SSSR count). The van der Waals surface area contributed by atoms with Gasteiger partial charge in [-0.1, -0.05) is 27.7 Å².